The lowest BCUT2D eigenvalue weighted by Crippen LogP contribution is -2.38. The van der Waals surface area contributed by atoms with Crippen molar-refractivity contribution in [3.63, 3.8) is 0 Å². The molecule has 1 aliphatic rings. The molecule has 0 unspecified atom stereocenters. The summed E-state index contributed by atoms with van der Waals surface area (Å²) in [6, 6.07) is 0. The van der Waals surface area contributed by atoms with Crippen molar-refractivity contribution in [3.8, 4) is 0 Å². The molecule has 0 radical (unpaired) electrons. The molecule has 0 aromatic heterocycles. The van der Waals surface area contributed by atoms with Gasteiger partial charge >= 0.3 is 5.97 Å². The third-order valence-electron chi connectivity index (χ3n) is 2.74. The molecule has 3 nitrogen and oxygen atoms in total. The van der Waals surface area contributed by atoms with E-state index in [-0.39, 0.29) is 24.5 Å². The number of rotatable bonds is 2. The number of alkyl halides is 1. The van der Waals surface area contributed by atoms with Crippen molar-refractivity contribution in [2.45, 2.75) is 38.3 Å². The van der Waals surface area contributed by atoms with Crippen molar-refractivity contribution in [3.05, 3.63) is 0 Å². The second-order valence-electron chi connectivity index (χ2n) is 3.66. The standard InChI is InChI=1S/C9H13FO3/c1-6(11)7-2-4-9(10,5-3-7)8(12)13/h7H,2-5H2,1H3,(H,12,13)/t7-,9+. The molecule has 1 N–H and O–H groups in total. The predicted molar refractivity (Wildman–Crippen MR) is 44.1 cm³/mol. The van der Waals surface area contributed by atoms with Crippen LogP contribution in [-0.4, -0.2) is 22.5 Å². The van der Waals surface area contributed by atoms with Crippen LogP contribution in [0.4, 0.5) is 4.39 Å². The maximum Gasteiger partial charge on any atom is 0.341 e. The summed E-state index contributed by atoms with van der Waals surface area (Å²) in [6.45, 7) is 1.47. The van der Waals surface area contributed by atoms with E-state index in [9.17, 15) is 14.0 Å². The smallest absolute Gasteiger partial charge is 0.341 e. The fourth-order valence-corrected chi connectivity index (χ4v) is 1.70. The van der Waals surface area contributed by atoms with E-state index in [0.717, 1.165) is 0 Å². The number of hydrogen-bond acceptors (Lipinski definition) is 2. The number of carbonyl (C=O) groups is 2. The molecule has 1 fully saturated rings. The Morgan fingerprint density at radius 3 is 2.15 bits per heavy atom. The summed E-state index contributed by atoms with van der Waals surface area (Å²) in [5.74, 6) is -1.50. The van der Waals surface area contributed by atoms with E-state index in [1.165, 1.54) is 6.92 Å². The molecule has 13 heavy (non-hydrogen) atoms. The van der Waals surface area contributed by atoms with Crippen LogP contribution >= 0.6 is 0 Å². The van der Waals surface area contributed by atoms with Gasteiger partial charge in [-0.3, -0.25) is 4.79 Å². The molecule has 0 atom stereocenters. The molecule has 0 amide bonds. The van der Waals surface area contributed by atoms with Crippen LogP contribution in [0.15, 0.2) is 0 Å². The van der Waals surface area contributed by atoms with Gasteiger partial charge in [-0.2, -0.15) is 0 Å². The van der Waals surface area contributed by atoms with Crippen LogP contribution < -0.4 is 0 Å². The van der Waals surface area contributed by atoms with Gasteiger partial charge < -0.3 is 5.11 Å². The number of carboxylic acid groups (broad SMARTS) is 1. The van der Waals surface area contributed by atoms with Crippen LogP contribution in [0.1, 0.15) is 32.6 Å². The molecular formula is C9H13FO3. The summed E-state index contributed by atoms with van der Waals surface area (Å²) in [4.78, 5) is 21.4. The number of hydrogen-bond donors (Lipinski definition) is 1. The highest BCUT2D eigenvalue weighted by Crippen LogP contribution is 2.35. The van der Waals surface area contributed by atoms with Gasteiger partial charge in [-0.15, -0.1) is 0 Å². The molecular weight excluding hydrogens is 175 g/mol. The molecule has 1 aliphatic carbocycles. The monoisotopic (exact) mass is 188 g/mol. The first-order valence-electron chi connectivity index (χ1n) is 4.38. The molecule has 0 aromatic rings. The Bertz CT molecular complexity index is 229. The zero-order valence-corrected chi connectivity index (χ0v) is 7.55. The van der Waals surface area contributed by atoms with E-state index in [0.29, 0.717) is 12.8 Å². The Balaban J connectivity index is 2.56. The summed E-state index contributed by atoms with van der Waals surface area (Å²) in [6.07, 6.45) is 0.648. The average Bonchev–Trinajstić information content (AvgIpc) is 2.04. The minimum absolute atomic E-state index is 0.0347. The minimum atomic E-state index is -2.09. The lowest BCUT2D eigenvalue weighted by molar-refractivity contribution is -0.154. The van der Waals surface area contributed by atoms with Crippen LogP contribution in [-0.2, 0) is 9.59 Å². The molecule has 0 heterocycles. The van der Waals surface area contributed by atoms with Crippen LogP contribution in [0.5, 0.6) is 0 Å². The second kappa shape index (κ2) is 3.44. The third kappa shape index (κ3) is 2.05. The maximum atomic E-state index is 13.4. The van der Waals surface area contributed by atoms with E-state index in [1.807, 2.05) is 0 Å². The summed E-state index contributed by atoms with van der Waals surface area (Å²) in [5, 5.41) is 8.56. The number of carboxylic acids is 1. The summed E-state index contributed by atoms with van der Waals surface area (Å²) < 4.78 is 13.4. The van der Waals surface area contributed by atoms with Gasteiger partial charge in [0.2, 0.25) is 5.67 Å². The molecule has 4 heteroatoms. The lowest BCUT2D eigenvalue weighted by Gasteiger charge is -2.29. The zero-order valence-electron chi connectivity index (χ0n) is 7.55. The molecule has 0 bridgehead atoms. The van der Waals surface area contributed by atoms with Gasteiger partial charge in [-0.25, -0.2) is 9.18 Å². The minimum Gasteiger partial charge on any atom is -0.479 e. The largest absolute Gasteiger partial charge is 0.479 e. The Morgan fingerprint density at radius 2 is 1.85 bits per heavy atom. The van der Waals surface area contributed by atoms with Crippen molar-refractivity contribution >= 4 is 11.8 Å². The van der Waals surface area contributed by atoms with Gasteiger partial charge in [-0.05, 0) is 32.6 Å². The molecule has 0 saturated heterocycles. The Labute approximate surface area is 75.9 Å². The van der Waals surface area contributed by atoms with E-state index >= 15 is 0 Å². The second-order valence-corrected chi connectivity index (χ2v) is 3.66. The Hall–Kier alpha value is -0.930. The van der Waals surface area contributed by atoms with Crippen molar-refractivity contribution in [1.29, 1.82) is 0 Å². The first-order valence-corrected chi connectivity index (χ1v) is 4.38. The molecule has 0 aliphatic heterocycles. The van der Waals surface area contributed by atoms with Crippen LogP contribution in [0.25, 0.3) is 0 Å². The first-order chi connectivity index (χ1) is 5.96. The SMILES string of the molecule is CC(=O)[C@H]1CC[C@](F)(C(=O)O)CC1. The van der Waals surface area contributed by atoms with Gasteiger partial charge in [0.1, 0.15) is 5.78 Å². The number of ketones is 1. The van der Waals surface area contributed by atoms with Gasteiger partial charge in [0.05, 0.1) is 0 Å². The van der Waals surface area contributed by atoms with Crippen molar-refractivity contribution in [1.82, 2.24) is 0 Å². The predicted octanol–water partition coefficient (Wildman–Crippen LogP) is 1.56. The van der Waals surface area contributed by atoms with Crippen LogP contribution in [0.3, 0.4) is 0 Å². The van der Waals surface area contributed by atoms with Gasteiger partial charge in [0, 0.05) is 5.92 Å². The van der Waals surface area contributed by atoms with Gasteiger partial charge in [0.15, 0.2) is 0 Å². The number of carbonyl (C=O) groups excluding carboxylic acids is 1. The molecule has 1 saturated carbocycles. The van der Waals surface area contributed by atoms with E-state index in [4.69, 9.17) is 5.11 Å². The topological polar surface area (TPSA) is 54.4 Å². The molecule has 0 spiro atoms. The highest BCUT2D eigenvalue weighted by Gasteiger charge is 2.42. The Kier molecular flexibility index (Phi) is 2.68. The van der Waals surface area contributed by atoms with Crippen LogP contribution in [0.2, 0.25) is 0 Å². The first kappa shape index (κ1) is 10.2. The fraction of sp³-hybridized carbons (Fsp3) is 0.778. The average molecular weight is 188 g/mol. The highest BCUT2D eigenvalue weighted by atomic mass is 19.1. The van der Waals surface area contributed by atoms with Crippen molar-refractivity contribution in [2.24, 2.45) is 5.92 Å². The third-order valence-corrected chi connectivity index (χ3v) is 2.74. The van der Waals surface area contributed by atoms with E-state index < -0.39 is 11.6 Å². The van der Waals surface area contributed by atoms with Crippen molar-refractivity contribution in [2.75, 3.05) is 0 Å². The fourth-order valence-electron chi connectivity index (χ4n) is 1.70. The number of aliphatic carboxylic acids is 1. The Morgan fingerprint density at radius 1 is 1.38 bits per heavy atom. The lowest BCUT2D eigenvalue weighted by atomic mass is 9.78. The molecule has 0 aromatic carbocycles. The molecule has 74 valence electrons. The summed E-state index contributed by atoms with van der Waals surface area (Å²) in [7, 11) is 0. The summed E-state index contributed by atoms with van der Waals surface area (Å²) in [5.41, 5.74) is -2.09. The maximum absolute atomic E-state index is 13.4. The summed E-state index contributed by atoms with van der Waals surface area (Å²) >= 11 is 0. The quantitative estimate of drug-likeness (QED) is 0.715. The van der Waals surface area contributed by atoms with E-state index in [2.05, 4.69) is 0 Å². The van der Waals surface area contributed by atoms with Gasteiger partial charge in [0.25, 0.3) is 0 Å². The van der Waals surface area contributed by atoms with Crippen LogP contribution in [0, 0.1) is 5.92 Å². The normalized spacial score (nSPS) is 34.2. The van der Waals surface area contributed by atoms with E-state index in [1.54, 1.807) is 0 Å². The van der Waals surface area contributed by atoms with Gasteiger partial charge in [-0.1, -0.05) is 0 Å². The highest BCUT2D eigenvalue weighted by molar-refractivity contribution is 5.80. The number of halogens is 1. The number of Topliss-reactive ketones (excluding diaryl/α,β-unsaturated/α-hetero) is 1. The zero-order chi connectivity index (χ0) is 10.1. The van der Waals surface area contributed by atoms with Crippen molar-refractivity contribution < 1.29 is 19.1 Å². The molecule has 1 rings (SSSR count).